The van der Waals surface area contributed by atoms with Gasteiger partial charge in [0.05, 0.1) is 25.9 Å². The fourth-order valence-electron chi connectivity index (χ4n) is 2.31. The molecule has 0 radical (unpaired) electrons. The predicted molar refractivity (Wildman–Crippen MR) is 61.1 cm³/mol. The number of hydrogen-bond acceptors (Lipinski definition) is 4. The summed E-state index contributed by atoms with van der Waals surface area (Å²) in [6.07, 6.45) is 1.23. The zero-order valence-electron chi connectivity index (χ0n) is 9.95. The van der Waals surface area contributed by atoms with Crippen molar-refractivity contribution in [3.63, 3.8) is 0 Å². The number of amides is 1. The molecule has 2 aliphatic rings. The molecule has 1 amide bonds. The molecule has 1 unspecified atom stereocenters. The van der Waals surface area contributed by atoms with Gasteiger partial charge in [0.15, 0.2) is 0 Å². The summed E-state index contributed by atoms with van der Waals surface area (Å²) in [5.74, 6) is 0.236. The lowest BCUT2D eigenvalue weighted by Gasteiger charge is -2.30. The summed E-state index contributed by atoms with van der Waals surface area (Å²) in [6.45, 7) is 8.04. The summed E-state index contributed by atoms with van der Waals surface area (Å²) in [5.41, 5.74) is 0. The molecular formula is C11H21N3O2. The Morgan fingerprint density at radius 2 is 2.12 bits per heavy atom. The topological polar surface area (TPSA) is 44.8 Å². The second-order valence-corrected chi connectivity index (χ2v) is 4.35. The van der Waals surface area contributed by atoms with Crippen LogP contribution in [0.5, 0.6) is 0 Å². The lowest BCUT2D eigenvalue weighted by molar-refractivity contribution is -0.128. The van der Waals surface area contributed by atoms with Crippen molar-refractivity contribution in [1.82, 2.24) is 15.1 Å². The Labute approximate surface area is 96.7 Å². The van der Waals surface area contributed by atoms with Crippen LogP contribution in [0.4, 0.5) is 0 Å². The first kappa shape index (κ1) is 11.8. The van der Waals surface area contributed by atoms with Crippen LogP contribution < -0.4 is 5.32 Å². The molecule has 5 heteroatoms. The van der Waals surface area contributed by atoms with Gasteiger partial charge in [-0.15, -0.1) is 0 Å². The molecule has 2 heterocycles. The number of nitrogens with zero attached hydrogens (tertiary/aromatic N) is 2. The van der Waals surface area contributed by atoms with E-state index in [0.717, 1.165) is 45.8 Å². The summed E-state index contributed by atoms with van der Waals surface area (Å²) >= 11 is 0. The van der Waals surface area contributed by atoms with Crippen molar-refractivity contribution >= 4 is 5.91 Å². The lowest BCUT2D eigenvalue weighted by Crippen LogP contribution is -2.45. The van der Waals surface area contributed by atoms with Crippen molar-refractivity contribution < 1.29 is 9.53 Å². The van der Waals surface area contributed by atoms with E-state index < -0.39 is 0 Å². The van der Waals surface area contributed by atoms with E-state index in [1.54, 1.807) is 0 Å². The Balaban J connectivity index is 1.77. The van der Waals surface area contributed by atoms with E-state index in [4.69, 9.17) is 4.74 Å². The van der Waals surface area contributed by atoms with Gasteiger partial charge in [-0.25, -0.2) is 0 Å². The van der Waals surface area contributed by atoms with E-state index in [1.165, 1.54) is 0 Å². The Morgan fingerprint density at radius 3 is 2.81 bits per heavy atom. The molecule has 2 aliphatic heterocycles. The molecule has 0 aromatic rings. The smallest absolute Gasteiger partial charge is 0.237 e. The maximum Gasteiger partial charge on any atom is 0.237 e. The van der Waals surface area contributed by atoms with E-state index >= 15 is 0 Å². The van der Waals surface area contributed by atoms with Gasteiger partial charge in [0.2, 0.25) is 5.91 Å². The van der Waals surface area contributed by atoms with E-state index in [2.05, 4.69) is 17.1 Å². The standard InChI is InChI=1S/C11H21N3O2/c1-2-10-12-9-11(15)14(10)4-3-13-5-7-16-8-6-13/h10,12H,2-9H2,1H3. The number of carbonyl (C=O) groups excluding carboxylic acids is 1. The molecule has 1 atom stereocenters. The average Bonchev–Trinajstić information content (AvgIpc) is 2.69. The molecule has 0 spiro atoms. The van der Waals surface area contributed by atoms with Gasteiger partial charge in [0.25, 0.3) is 0 Å². The molecule has 0 saturated carbocycles. The van der Waals surface area contributed by atoms with Crippen LogP contribution in [0.1, 0.15) is 13.3 Å². The summed E-state index contributed by atoms with van der Waals surface area (Å²) in [6, 6.07) is 0. The minimum Gasteiger partial charge on any atom is -0.379 e. The Morgan fingerprint density at radius 1 is 1.38 bits per heavy atom. The monoisotopic (exact) mass is 227 g/mol. The zero-order chi connectivity index (χ0) is 11.4. The first-order chi connectivity index (χ1) is 7.81. The maximum atomic E-state index is 11.6. The van der Waals surface area contributed by atoms with Gasteiger partial charge >= 0.3 is 0 Å². The second kappa shape index (κ2) is 5.61. The fraction of sp³-hybridized carbons (Fsp3) is 0.909. The molecule has 0 aromatic carbocycles. The molecule has 2 rings (SSSR count). The highest BCUT2D eigenvalue weighted by molar-refractivity contribution is 5.80. The summed E-state index contributed by atoms with van der Waals surface area (Å²) in [5, 5.41) is 3.23. The van der Waals surface area contributed by atoms with Crippen molar-refractivity contribution in [2.45, 2.75) is 19.5 Å². The van der Waals surface area contributed by atoms with Crippen LogP contribution in [0.3, 0.4) is 0 Å². The highest BCUT2D eigenvalue weighted by Gasteiger charge is 2.28. The first-order valence-electron chi connectivity index (χ1n) is 6.14. The molecule has 92 valence electrons. The van der Waals surface area contributed by atoms with Gasteiger partial charge in [0.1, 0.15) is 0 Å². The van der Waals surface area contributed by atoms with Crippen molar-refractivity contribution in [2.24, 2.45) is 0 Å². The highest BCUT2D eigenvalue weighted by atomic mass is 16.5. The summed E-state index contributed by atoms with van der Waals surface area (Å²) in [7, 11) is 0. The summed E-state index contributed by atoms with van der Waals surface area (Å²) < 4.78 is 5.30. The number of morpholine rings is 1. The molecule has 16 heavy (non-hydrogen) atoms. The van der Waals surface area contributed by atoms with E-state index in [-0.39, 0.29) is 12.1 Å². The number of rotatable bonds is 4. The number of hydrogen-bond donors (Lipinski definition) is 1. The largest absolute Gasteiger partial charge is 0.379 e. The average molecular weight is 227 g/mol. The van der Waals surface area contributed by atoms with Crippen molar-refractivity contribution in [2.75, 3.05) is 45.9 Å². The number of ether oxygens (including phenoxy) is 1. The van der Waals surface area contributed by atoms with Crippen LogP contribution in [0, 0.1) is 0 Å². The molecular weight excluding hydrogens is 206 g/mol. The van der Waals surface area contributed by atoms with Gasteiger partial charge < -0.3 is 9.64 Å². The molecule has 2 saturated heterocycles. The Hall–Kier alpha value is -0.650. The van der Waals surface area contributed by atoms with Crippen molar-refractivity contribution in [3.05, 3.63) is 0 Å². The minimum absolute atomic E-state index is 0.236. The summed E-state index contributed by atoms with van der Waals surface area (Å²) in [4.78, 5) is 16.0. The van der Waals surface area contributed by atoms with Crippen molar-refractivity contribution in [1.29, 1.82) is 0 Å². The molecule has 1 N–H and O–H groups in total. The van der Waals surface area contributed by atoms with Crippen LogP contribution in [0.25, 0.3) is 0 Å². The van der Waals surface area contributed by atoms with Gasteiger partial charge in [-0.2, -0.15) is 0 Å². The Kier molecular flexibility index (Phi) is 4.15. The van der Waals surface area contributed by atoms with Crippen LogP contribution >= 0.6 is 0 Å². The van der Waals surface area contributed by atoms with Gasteiger partial charge in [-0.3, -0.25) is 15.0 Å². The highest BCUT2D eigenvalue weighted by Crippen LogP contribution is 2.08. The molecule has 0 aliphatic carbocycles. The predicted octanol–water partition coefficient (Wildman–Crippen LogP) is -0.513. The van der Waals surface area contributed by atoms with Crippen LogP contribution in [-0.2, 0) is 9.53 Å². The fourth-order valence-corrected chi connectivity index (χ4v) is 2.31. The SMILES string of the molecule is CCC1NCC(=O)N1CCN1CCOCC1. The minimum atomic E-state index is 0.236. The quantitative estimate of drug-likeness (QED) is 0.702. The van der Waals surface area contributed by atoms with E-state index in [0.29, 0.717) is 6.54 Å². The van der Waals surface area contributed by atoms with E-state index in [1.807, 2.05) is 4.90 Å². The van der Waals surface area contributed by atoms with Crippen molar-refractivity contribution in [3.8, 4) is 0 Å². The van der Waals surface area contributed by atoms with Gasteiger partial charge in [-0.05, 0) is 6.42 Å². The molecule has 2 fully saturated rings. The molecule has 5 nitrogen and oxygen atoms in total. The van der Waals surface area contributed by atoms with Crippen LogP contribution in [0.15, 0.2) is 0 Å². The Bertz CT molecular complexity index is 241. The van der Waals surface area contributed by atoms with Gasteiger partial charge in [0, 0.05) is 26.2 Å². The van der Waals surface area contributed by atoms with Crippen LogP contribution in [-0.4, -0.2) is 67.8 Å². The van der Waals surface area contributed by atoms with Crippen LogP contribution in [0.2, 0.25) is 0 Å². The third-order valence-electron chi connectivity index (χ3n) is 3.33. The molecule has 0 bridgehead atoms. The maximum absolute atomic E-state index is 11.6. The van der Waals surface area contributed by atoms with Gasteiger partial charge in [-0.1, -0.05) is 6.92 Å². The second-order valence-electron chi connectivity index (χ2n) is 4.35. The number of nitrogens with one attached hydrogen (secondary N) is 1. The third kappa shape index (κ3) is 2.72. The normalized spacial score (nSPS) is 27.7. The lowest BCUT2D eigenvalue weighted by atomic mass is 10.3. The zero-order valence-corrected chi connectivity index (χ0v) is 9.95. The number of carbonyl (C=O) groups is 1. The van der Waals surface area contributed by atoms with E-state index in [9.17, 15) is 4.79 Å². The molecule has 0 aromatic heterocycles. The first-order valence-corrected chi connectivity index (χ1v) is 6.14. The third-order valence-corrected chi connectivity index (χ3v) is 3.33.